The molecule has 9 heteroatoms. The van der Waals surface area contributed by atoms with Crippen molar-refractivity contribution in [2.24, 2.45) is 0 Å². The quantitative estimate of drug-likeness (QED) is 0.238. The molecule has 4 aromatic rings. The number of nitro groups is 1. The highest BCUT2D eigenvalue weighted by Crippen LogP contribution is 2.33. The summed E-state index contributed by atoms with van der Waals surface area (Å²) >= 11 is 0. The number of carbonyl (C=O) groups is 1. The van der Waals surface area contributed by atoms with Crippen LogP contribution in [0, 0.1) is 10.1 Å². The Morgan fingerprint density at radius 3 is 2.51 bits per heavy atom. The molecule has 1 aromatic heterocycles. The lowest BCUT2D eigenvalue weighted by Gasteiger charge is -2.24. The summed E-state index contributed by atoms with van der Waals surface area (Å²) in [6, 6.07) is 25.6. The van der Waals surface area contributed by atoms with Gasteiger partial charge in [-0.3, -0.25) is 20.2 Å². The Labute approximate surface area is 200 Å². The summed E-state index contributed by atoms with van der Waals surface area (Å²) in [5.74, 6) is 0.190. The maximum absolute atomic E-state index is 12.5. The van der Waals surface area contributed by atoms with E-state index in [2.05, 4.69) is 26.8 Å². The van der Waals surface area contributed by atoms with Gasteiger partial charge in [0.25, 0.3) is 17.5 Å². The molecule has 0 radical (unpaired) electrons. The van der Waals surface area contributed by atoms with Gasteiger partial charge in [0.2, 0.25) is 5.95 Å². The van der Waals surface area contributed by atoms with Crippen molar-refractivity contribution < 1.29 is 9.72 Å². The van der Waals surface area contributed by atoms with Gasteiger partial charge in [-0.15, -0.1) is 5.10 Å². The highest BCUT2D eigenvalue weighted by molar-refractivity contribution is 6.01. The monoisotopic (exact) mass is 464 g/mol. The van der Waals surface area contributed by atoms with E-state index in [-0.39, 0.29) is 17.7 Å². The van der Waals surface area contributed by atoms with E-state index in [1.165, 1.54) is 24.3 Å². The molecule has 172 valence electrons. The van der Waals surface area contributed by atoms with E-state index >= 15 is 0 Å². The largest absolute Gasteiger partial charge is 0.324 e. The summed E-state index contributed by atoms with van der Waals surface area (Å²) in [5, 5.41) is 21.4. The molecule has 35 heavy (non-hydrogen) atoms. The number of allylic oxidation sites excluding steroid dienone is 1. The lowest BCUT2D eigenvalue weighted by atomic mass is 10.0. The molecule has 0 bridgehead atoms. The number of hydrogen-bond acceptors (Lipinski definition) is 6. The lowest BCUT2D eigenvalue weighted by Crippen LogP contribution is -2.20. The minimum absolute atomic E-state index is 0.0456. The van der Waals surface area contributed by atoms with E-state index in [1.54, 1.807) is 16.8 Å². The van der Waals surface area contributed by atoms with E-state index in [1.807, 2.05) is 60.7 Å². The van der Waals surface area contributed by atoms with E-state index < -0.39 is 10.8 Å². The van der Waals surface area contributed by atoms with Gasteiger partial charge < -0.3 is 5.32 Å². The second-order valence-corrected chi connectivity index (χ2v) is 7.81. The summed E-state index contributed by atoms with van der Waals surface area (Å²) < 4.78 is 1.72. The smallest absolute Gasteiger partial charge is 0.270 e. The van der Waals surface area contributed by atoms with Gasteiger partial charge in [0.15, 0.2) is 0 Å². The maximum Gasteiger partial charge on any atom is 0.270 e. The number of non-ortho nitro benzene ring substituents is 1. The van der Waals surface area contributed by atoms with Crippen molar-refractivity contribution >= 4 is 35.3 Å². The van der Waals surface area contributed by atoms with E-state index in [4.69, 9.17) is 0 Å². The van der Waals surface area contributed by atoms with Gasteiger partial charge >= 0.3 is 0 Å². The Hall–Kier alpha value is -5.05. The molecular weight excluding hydrogens is 444 g/mol. The third-order valence-electron chi connectivity index (χ3n) is 5.43. The van der Waals surface area contributed by atoms with E-state index in [0.717, 1.165) is 16.8 Å². The first kappa shape index (κ1) is 21.8. The molecule has 2 heterocycles. The molecule has 1 aliphatic rings. The van der Waals surface area contributed by atoms with Crippen LogP contribution >= 0.6 is 0 Å². The molecule has 1 atom stereocenters. The van der Waals surface area contributed by atoms with Crippen molar-refractivity contribution in [1.29, 1.82) is 0 Å². The van der Waals surface area contributed by atoms with Crippen LogP contribution in [0.2, 0.25) is 0 Å². The third-order valence-corrected chi connectivity index (χ3v) is 5.43. The van der Waals surface area contributed by atoms with Gasteiger partial charge in [0, 0.05) is 23.9 Å². The Morgan fingerprint density at radius 2 is 1.77 bits per heavy atom. The van der Waals surface area contributed by atoms with Gasteiger partial charge in [-0.1, -0.05) is 72.8 Å². The van der Waals surface area contributed by atoms with Crippen LogP contribution < -0.4 is 10.6 Å². The van der Waals surface area contributed by atoms with E-state index in [0.29, 0.717) is 11.5 Å². The molecule has 5 rings (SSSR count). The molecule has 0 aliphatic carbocycles. The first-order valence-electron chi connectivity index (χ1n) is 10.9. The fourth-order valence-corrected chi connectivity index (χ4v) is 3.79. The average molecular weight is 464 g/mol. The number of nitrogens with zero attached hydrogens (tertiary/aromatic N) is 4. The summed E-state index contributed by atoms with van der Waals surface area (Å²) in [7, 11) is 0. The summed E-state index contributed by atoms with van der Waals surface area (Å²) in [6.45, 7) is 0. The number of nitro benzene ring substituents is 1. The fourth-order valence-electron chi connectivity index (χ4n) is 3.79. The van der Waals surface area contributed by atoms with Gasteiger partial charge in [0.1, 0.15) is 6.04 Å². The highest BCUT2D eigenvalue weighted by Gasteiger charge is 2.25. The molecule has 1 amide bonds. The minimum atomic E-state index is -0.481. The van der Waals surface area contributed by atoms with Crippen molar-refractivity contribution in [3.8, 4) is 0 Å². The first-order chi connectivity index (χ1) is 17.1. The Bertz CT molecular complexity index is 1440. The maximum atomic E-state index is 12.5. The number of nitrogens with one attached hydrogen (secondary N) is 2. The van der Waals surface area contributed by atoms with Crippen molar-refractivity contribution in [3.05, 3.63) is 124 Å². The third kappa shape index (κ3) is 4.83. The molecule has 0 unspecified atom stereocenters. The van der Waals surface area contributed by atoms with Crippen LogP contribution in [0.1, 0.15) is 22.7 Å². The highest BCUT2D eigenvalue weighted by atomic mass is 16.6. The molecule has 0 saturated carbocycles. The Morgan fingerprint density at radius 1 is 1.03 bits per heavy atom. The topological polar surface area (TPSA) is 115 Å². The molecule has 0 spiro atoms. The fraction of sp³-hybridized carbons (Fsp3) is 0.0385. The van der Waals surface area contributed by atoms with Gasteiger partial charge in [-0.25, -0.2) is 4.68 Å². The number of fused-ring (bicyclic) bond motifs is 1. The molecule has 9 nitrogen and oxygen atoms in total. The van der Waals surface area contributed by atoms with Gasteiger partial charge in [-0.2, -0.15) is 4.98 Å². The van der Waals surface area contributed by atoms with Crippen LogP contribution in [0.15, 0.2) is 97.1 Å². The van der Waals surface area contributed by atoms with Crippen LogP contribution in [0.5, 0.6) is 0 Å². The van der Waals surface area contributed by atoms with Crippen LogP contribution in [-0.2, 0) is 4.79 Å². The minimum Gasteiger partial charge on any atom is -0.324 e. The molecule has 2 N–H and O–H groups in total. The Balaban J connectivity index is 1.39. The van der Waals surface area contributed by atoms with Crippen molar-refractivity contribution in [1.82, 2.24) is 14.8 Å². The van der Waals surface area contributed by atoms with Crippen molar-refractivity contribution in [2.75, 3.05) is 10.6 Å². The Kier molecular flexibility index (Phi) is 5.87. The first-order valence-corrected chi connectivity index (χ1v) is 10.9. The number of anilines is 2. The summed E-state index contributed by atoms with van der Waals surface area (Å²) in [4.78, 5) is 27.4. The van der Waals surface area contributed by atoms with Crippen molar-refractivity contribution in [3.63, 3.8) is 0 Å². The van der Waals surface area contributed by atoms with Crippen LogP contribution in [0.4, 0.5) is 17.6 Å². The molecule has 0 saturated heterocycles. The number of carbonyl (C=O) groups excluding carboxylic acids is 1. The number of rotatable bonds is 6. The van der Waals surface area contributed by atoms with Crippen LogP contribution in [0.25, 0.3) is 11.8 Å². The van der Waals surface area contributed by atoms with Gasteiger partial charge in [0.05, 0.1) is 4.92 Å². The van der Waals surface area contributed by atoms with Crippen LogP contribution in [0.3, 0.4) is 0 Å². The second kappa shape index (κ2) is 9.44. The normalized spacial score (nSPS) is 14.6. The van der Waals surface area contributed by atoms with Crippen LogP contribution in [-0.4, -0.2) is 25.6 Å². The molecule has 0 fully saturated rings. The number of hydrogen-bond donors (Lipinski definition) is 2. The molecule has 3 aromatic carbocycles. The summed E-state index contributed by atoms with van der Waals surface area (Å²) in [5.41, 5.74) is 3.41. The zero-order valence-corrected chi connectivity index (χ0v) is 18.4. The summed E-state index contributed by atoms with van der Waals surface area (Å²) in [6.07, 6.45) is 4.85. The number of amides is 1. The lowest BCUT2D eigenvalue weighted by molar-refractivity contribution is -0.384. The number of benzene rings is 3. The SMILES string of the molecule is O=C(/C=C/c1cccc([N+](=O)[O-])c1)Nc1nc2n(n1)[C@H](c1ccccc1)C=C(c1ccccc1)N2. The standard InChI is InChI=1S/C26H20N6O3/c33-24(15-14-18-8-7-13-21(16-18)32(34)35)28-25-29-26-27-22(19-9-3-1-4-10-19)17-23(31(26)30-25)20-11-5-2-6-12-20/h1-17,23H,(H2,27,28,29,30,33)/b15-14+/t23-/m0/s1. The zero-order chi connectivity index (χ0) is 24.2. The molecular formula is C26H20N6O3. The second-order valence-electron chi connectivity index (χ2n) is 7.81. The average Bonchev–Trinajstić information content (AvgIpc) is 3.30. The number of aromatic nitrogens is 3. The van der Waals surface area contributed by atoms with Gasteiger partial charge in [-0.05, 0) is 28.8 Å². The van der Waals surface area contributed by atoms with E-state index in [9.17, 15) is 14.9 Å². The zero-order valence-electron chi connectivity index (χ0n) is 18.4. The predicted molar refractivity (Wildman–Crippen MR) is 133 cm³/mol. The predicted octanol–water partition coefficient (Wildman–Crippen LogP) is 4.89. The molecule has 1 aliphatic heterocycles. The van der Waals surface area contributed by atoms with Crippen molar-refractivity contribution in [2.45, 2.75) is 6.04 Å².